The van der Waals surface area contributed by atoms with Crippen molar-refractivity contribution in [2.24, 2.45) is 0 Å². The maximum absolute atomic E-state index is 12.3. The number of anilines is 1. The lowest BCUT2D eigenvalue weighted by molar-refractivity contribution is -0.116. The van der Waals surface area contributed by atoms with Crippen LogP contribution in [0.3, 0.4) is 0 Å². The van der Waals surface area contributed by atoms with Crippen LogP contribution in [-0.4, -0.2) is 37.5 Å². The molecule has 1 aromatic rings. The van der Waals surface area contributed by atoms with Crippen molar-refractivity contribution in [2.75, 3.05) is 18.1 Å². The zero-order chi connectivity index (χ0) is 17.7. The summed E-state index contributed by atoms with van der Waals surface area (Å²) in [5.74, 6) is -0.145. The maximum Gasteiger partial charge on any atom is 0.225 e. The van der Waals surface area contributed by atoms with Crippen LogP contribution in [0.1, 0.15) is 49.7 Å². The molecule has 1 saturated carbocycles. The quantitative estimate of drug-likeness (QED) is 0.855. The maximum atomic E-state index is 12.3. The number of rotatable bonds is 6. The summed E-state index contributed by atoms with van der Waals surface area (Å²) in [5.41, 5.74) is 2.95. The molecule has 0 aliphatic heterocycles. The molecule has 6 heteroatoms. The van der Waals surface area contributed by atoms with Gasteiger partial charge < -0.3 is 5.32 Å². The second-order valence-corrected chi connectivity index (χ2v) is 8.65. The van der Waals surface area contributed by atoms with E-state index in [1.165, 1.54) is 17.0 Å². The zero-order valence-corrected chi connectivity index (χ0v) is 15.7. The summed E-state index contributed by atoms with van der Waals surface area (Å²) in [5, 5.41) is 2.90. The molecule has 0 aromatic heterocycles. The van der Waals surface area contributed by atoms with Crippen molar-refractivity contribution in [1.82, 2.24) is 4.31 Å². The lowest BCUT2D eigenvalue weighted by Crippen LogP contribution is -2.42. The molecule has 0 saturated heterocycles. The number of sulfonamides is 1. The largest absolute Gasteiger partial charge is 0.326 e. The van der Waals surface area contributed by atoms with Gasteiger partial charge in [-0.15, -0.1) is 0 Å². The number of nitrogens with one attached hydrogen (secondary N) is 1. The number of aryl methyl sites for hydroxylation is 1. The Balaban J connectivity index is 1.98. The van der Waals surface area contributed by atoms with Crippen molar-refractivity contribution < 1.29 is 13.2 Å². The van der Waals surface area contributed by atoms with Crippen LogP contribution in [0.4, 0.5) is 5.69 Å². The Morgan fingerprint density at radius 3 is 2.50 bits per heavy atom. The van der Waals surface area contributed by atoms with Crippen LogP contribution >= 0.6 is 0 Å². The summed E-state index contributed by atoms with van der Waals surface area (Å²) >= 11 is 0. The summed E-state index contributed by atoms with van der Waals surface area (Å²) in [6.07, 6.45) is 6.50. The van der Waals surface area contributed by atoms with Gasteiger partial charge in [0.15, 0.2) is 0 Å². The first-order valence-corrected chi connectivity index (χ1v) is 10.5. The number of nitrogens with zero attached hydrogens (tertiary/aromatic N) is 1. The number of benzene rings is 1. The standard InChI is InChI=1S/C18H28N2O3S/c1-14-8-7-11-17(15(14)2)19-18(21)12-13-20(24(3,22)23)16-9-5-4-6-10-16/h7-8,11,16H,4-6,9-10,12-13H2,1-3H3,(H,19,21). The second-order valence-electron chi connectivity index (χ2n) is 6.71. The molecule has 5 nitrogen and oxygen atoms in total. The molecule has 1 aliphatic carbocycles. The molecule has 0 heterocycles. The third-order valence-electron chi connectivity index (χ3n) is 4.85. The molecule has 1 amide bonds. The van der Waals surface area contributed by atoms with Crippen LogP contribution in [0.5, 0.6) is 0 Å². The van der Waals surface area contributed by atoms with Gasteiger partial charge in [-0.1, -0.05) is 31.4 Å². The average Bonchev–Trinajstić information content (AvgIpc) is 2.52. The molecule has 0 unspecified atom stereocenters. The molecule has 1 aromatic carbocycles. The van der Waals surface area contributed by atoms with E-state index in [0.717, 1.165) is 42.5 Å². The highest BCUT2D eigenvalue weighted by molar-refractivity contribution is 7.88. The summed E-state index contributed by atoms with van der Waals surface area (Å²) in [4.78, 5) is 12.3. The van der Waals surface area contributed by atoms with Crippen molar-refractivity contribution in [2.45, 2.75) is 58.4 Å². The van der Waals surface area contributed by atoms with Gasteiger partial charge in [-0.05, 0) is 43.9 Å². The van der Waals surface area contributed by atoms with E-state index in [0.29, 0.717) is 0 Å². The van der Waals surface area contributed by atoms with E-state index in [-0.39, 0.29) is 24.9 Å². The topological polar surface area (TPSA) is 66.5 Å². The van der Waals surface area contributed by atoms with Gasteiger partial charge >= 0.3 is 0 Å². The molecule has 1 fully saturated rings. The Hall–Kier alpha value is -1.40. The third kappa shape index (κ3) is 5.05. The van der Waals surface area contributed by atoms with Crippen molar-refractivity contribution in [3.63, 3.8) is 0 Å². The minimum absolute atomic E-state index is 0.0438. The molecule has 2 rings (SSSR count). The average molecular weight is 353 g/mol. The van der Waals surface area contributed by atoms with Crippen molar-refractivity contribution in [3.05, 3.63) is 29.3 Å². The Kier molecular flexibility index (Phi) is 6.40. The highest BCUT2D eigenvalue weighted by Gasteiger charge is 2.28. The second kappa shape index (κ2) is 8.12. The highest BCUT2D eigenvalue weighted by atomic mass is 32.2. The monoisotopic (exact) mass is 352 g/mol. The Labute approximate surface area is 145 Å². The number of hydrogen-bond donors (Lipinski definition) is 1. The van der Waals surface area contributed by atoms with E-state index in [2.05, 4.69) is 5.32 Å². The lowest BCUT2D eigenvalue weighted by Gasteiger charge is -2.32. The van der Waals surface area contributed by atoms with Crippen molar-refractivity contribution in [1.29, 1.82) is 0 Å². The SMILES string of the molecule is Cc1cccc(NC(=O)CCN(C2CCCCC2)S(C)(=O)=O)c1C. The molecule has 0 bridgehead atoms. The fraction of sp³-hybridized carbons (Fsp3) is 0.611. The van der Waals surface area contributed by atoms with Gasteiger partial charge in [0.2, 0.25) is 15.9 Å². The summed E-state index contributed by atoms with van der Waals surface area (Å²) in [6.45, 7) is 4.22. The molecule has 0 radical (unpaired) electrons. The summed E-state index contributed by atoms with van der Waals surface area (Å²) in [6, 6.07) is 5.82. The lowest BCUT2D eigenvalue weighted by atomic mass is 9.95. The normalized spacial score (nSPS) is 16.3. The van der Waals surface area contributed by atoms with Crippen molar-refractivity contribution >= 4 is 21.6 Å². The van der Waals surface area contributed by atoms with Gasteiger partial charge in [-0.3, -0.25) is 4.79 Å². The predicted molar refractivity (Wildman–Crippen MR) is 97.6 cm³/mol. The van der Waals surface area contributed by atoms with Gasteiger partial charge in [0.05, 0.1) is 6.26 Å². The molecular formula is C18H28N2O3S. The fourth-order valence-electron chi connectivity index (χ4n) is 3.30. The predicted octanol–water partition coefficient (Wildman–Crippen LogP) is 3.23. The van der Waals surface area contributed by atoms with E-state index in [1.807, 2.05) is 32.0 Å². The number of amides is 1. The van der Waals surface area contributed by atoms with E-state index < -0.39 is 10.0 Å². The minimum atomic E-state index is -3.29. The molecular weight excluding hydrogens is 324 g/mol. The number of carbonyl (C=O) groups excluding carboxylic acids is 1. The first-order valence-electron chi connectivity index (χ1n) is 8.62. The molecule has 1 aliphatic rings. The van der Waals surface area contributed by atoms with Crippen LogP contribution in [-0.2, 0) is 14.8 Å². The molecule has 134 valence electrons. The van der Waals surface area contributed by atoms with Gasteiger partial charge in [0, 0.05) is 24.7 Å². The van der Waals surface area contributed by atoms with Gasteiger partial charge in [-0.25, -0.2) is 8.42 Å². The number of carbonyl (C=O) groups is 1. The van der Waals surface area contributed by atoms with E-state index in [9.17, 15) is 13.2 Å². The van der Waals surface area contributed by atoms with E-state index in [4.69, 9.17) is 0 Å². The van der Waals surface area contributed by atoms with Crippen LogP contribution < -0.4 is 5.32 Å². The summed E-state index contributed by atoms with van der Waals surface area (Å²) in [7, 11) is -3.29. The molecule has 1 N–H and O–H groups in total. The van der Waals surface area contributed by atoms with Gasteiger partial charge in [0.1, 0.15) is 0 Å². The van der Waals surface area contributed by atoms with Crippen LogP contribution in [0.25, 0.3) is 0 Å². The van der Waals surface area contributed by atoms with Crippen molar-refractivity contribution in [3.8, 4) is 0 Å². The Bertz CT molecular complexity index is 680. The van der Waals surface area contributed by atoms with Crippen LogP contribution in [0.15, 0.2) is 18.2 Å². The van der Waals surface area contributed by atoms with E-state index >= 15 is 0 Å². The minimum Gasteiger partial charge on any atom is -0.326 e. The Morgan fingerprint density at radius 1 is 1.21 bits per heavy atom. The van der Waals surface area contributed by atoms with E-state index in [1.54, 1.807) is 0 Å². The zero-order valence-electron chi connectivity index (χ0n) is 14.8. The first kappa shape index (κ1) is 18.9. The highest BCUT2D eigenvalue weighted by Crippen LogP contribution is 2.25. The van der Waals surface area contributed by atoms with Gasteiger partial charge in [0.25, 0.3) is 0 Å². The fourth-order valence-corrected chi connectivity index (χ4v) is 4.47. The van der Waals surface area contributed by atoms with Crippen LogP contribution in [0, 0.1) is 13.8 Å². The summed E-state index contributed by atoms with van der Waals surface area (Å²) < 4.78 is 25.7. The third-order valence-corrected chi connectivity index (χ3v) is 6.18. The molecule has 0 spiro atoms. The van der Waals surface area contributed by atoms with Crippen LogP contribution in [0.2, 0.25) is 0 Å². The van der Waals surface area contributed by atoms with Gasteiger partial charge in [-0.2, -0.15) is 4.31 Å². The molecule has 0 atom stereocenters. The molecule has 24 heavy (non-hydrogen) atoms. The smallest absolute Gasteiger partial charge is 0.225 e. The number of hydrogen-bond acceptors (Lipinski definition) is 3. The first-order chi connectivity index (χ1) is 11.3. The Morgan fingerprint density at radius 2 is 1.88 bits per heavy atom.